The quantitative estimate of drug-likeness (QED) is 0.515. The van der Waals surface area contributed by atoms with Gasteiger partial charge in [0.25, 0.3) is 0 Å². The molecule has 0 saturated heterocycles. The van der Waals surface area contributed by atoms with Gasteiger partial charge in [-0.05, 0) is 25.1 Å². The number of alkyl halides is 2. The normalized spacial score (nSPS) is 11.7. The van der Waals surface area contributed by atoms with E-state index in [2.05, 4.69) is 16.2 Å². The molecule has 0 N–H and O–H groups in total. The van der Waals surface area contributed by atoms with Gasteiger partial charge in [-0.15, -0.1) is 0 Å². The average Bonchev–Trinajstić information content (AvgIpc) is 3.02. The molecule has 2 aromatic carbocycles. The van der Waals surface area contributed by atoms with E-state index in [-0.39, 0.29) is 18.1 Å². The molecule has 0 aliphatic rings. The van der Waals surface area contributed by atoms with Crippen LogP contribution in [-0.4, -0.2) is 15.3 Å². The number of aromatic nitrogens is 2. The van der Waals surface area contributed by atoms with E-state index in [9.17, 15) is 8.78 Å². The Hall–Kier alpha value is -3.27. The van der Waals surface area contributed by atoms with Gasteiger partial charge < -0.3 is 4.84 Å². The second-order valence-electron chi connectivity index (χ2n) is 5.29. The predicted molar refractivity (Wildman–Crippen MR) is 89.1 cm³/mol. The number of halogens is 2. The lowest BCUT2D eigenvalue weighted by atomic mass is 10.1. The summed E-state index contributed by atoms with van der Waals surface area (Å²) in [7, 11) is 0. The molecule has 5 nitrogen and oxygen atoms in total. The van der Waals surface area contributed by atoms with Crippen LogP contribution < -0.4 is 0 Å². The average molecular weight is 340 g/mol. The number of hydrogen-bond acceptors (Lipinski definition) is 4. The molecule has 0 atom stereocenters. The van der Waals surface area contributed by atoms with E-state index in [1.54, 1.807) is 55.5 Å². The monoisotopic (exact) mass is 340 g/mol. The molecule has 7 heteroatoms. The minimum absolute atomic E-state index is 0.0461. The summed E-state index contributed by atoms with van der Waals surface area (Å²) in [6, 6.07) is 15.7. The van der Waals surface area contributed by atoms with Crippen molar-refractivity contribution in [2.75, 3.05) is 0 Å². The van der Waals surface area contributed by atoms with Crippen molar-refractivity contribution in [1.29, 1.82) is 5.26 Å². The number of rotatable bonds is 5. The van der Waals surface area contributed by atoms with Crippen molar-refractivity contribution < 1.29 is 13.6 Å². The van der Waals surface area contributed by atoms with Crippen molar-refractivity contribution in [3.05, 3.63) is 65.5 Å². The van der Waals surface area contributed by atoms with E-state index in [1.165, 1.54) is 0 Å². The van der Waals surface area contributed by atoms with Crippen LogP contribution in [0.25, 0.3) is 11.0 Å². The Balaban J connectivity index is 1.87. The molecule has 0 bridgehead atoms. The molecule has 0 amide bonds. The Morgan fingerprint density at radius 3 is 2.72 bits per heavy atom. The summed E-state index contributed by atoms with van der Waals surface area (Å²) >= 11 is 0. The van der Waals surface area contributed by atoms with E-state index < -0.39 is 6.55 Å². The summed E-state index contributed by atoms with van der Waals surface area (Å²) in [6.45, 7) is -1.13. The number of hydrogen-bond donors (Lipinski definition) is 0. The van der Waals surface area contributed by atoms with E-state index in [0.29, 0.717) is 22.2 Å². The van der Waals surface area contributed by atoms with Gasteiger partial charge in [-0.1, -0.05) is 35.5 Å². The number of nitrogens with zero attached hydrogens (tertiary/aromatic N) is 4. The fourth-order valence-electron chi connectivity index (χ4n) is 2.49. The van der Waals surface area contributed by atoms with Gasteiger partial charge in [0.1, 0.15) is 12.3 Å². The highest BCUT2D eigenvalue weighted by atomic mass is 19.3. The van der Waals surface area contributed by atoms with Crippen molar-refractivity contribution in [2.45, 2.75) is 20.1 Å². The summed E-state index contributed by atoms with van der Waals surface area (Å²) in [5.74, 6) is 0.0461. The predicted octanol–water partition coefficient (Wildman–Crippen LogP) is 4.24. The second-order valence-corrected chi connectivity index (χ2v) is 5.29. The molecule has 0 aliphatic heterocycles. The smallest absolute Gasteiger partial charge is 0.320 e. The standard InChI is InChI=1S/C18H14F2N4O/c1-12(23-25-11-14-7-3-2-6-13(14)10-21)17-22-15-8-4-5-9-16(15)24(17)18(19)20/h2-9,18H,11H2,1H3/b23-12-. The fourth-order valence-corrected chi connectivity index (χ4v) is 2.49. The Kier molecular flexibility index (Phi) is 4.70. The molecule has 126 valence electrons. The number of fused-ring (bicyclic) bond motifs is 1. The maximum Gasteiger partial charge on any atom is 0.320 e. The molecule has 0 aliphatic carbocycles. The number of para-hydroxylation sites is 2. The van der Waals surface area contributed by atoms with Crippen LogP contribution >= 0.6 is 0 Å². The molecule has 1 aromatic heterocycles. The van der Waals surface area contributed by atoms with Crippen LogP contribution in [0.3, 0.4) is 0 Å². The van der Waals surface area contributed by atoms with Crippen LogP contribution in [0.1, 0.15) is 30.4 Å². The summed E-state index contributed by atoms with van der Waals surface area (Å²) in [5, 5.41) is 12.9. The second kappa shape index (κ2) is 7.09. The van der Waals surface area contributed by atoms with Crippen LogP contribution in [0, 0.1) is 11.3 Å². The first kappa shape index (κ1) is 16.6. The van der Waals surface area contributed by atoms with Crippen molar-refractivity contribution in [1.82, 2.24) is 9.55 Å². The summed E-state index contributed by atoms with van der Waals surface area (Å²) in [4.78, 5) is 9.46. The highest BCUT2D eigenvalue weighted by molar-refractivity contribution is 5.98. The number of nitriles is 1. The third-order valence-corrected chi connectivity index (χ3v) is 3.67. The number of benzene rings is 2. The molecular weight excluding hydrogens is 326 g/mol. The van der Waals surface area contributed by atoms with Crippen molar-refractivity contribution in [3.8, 4) is 6.07 Å². The number of imidazole rings is 1. The first-order valence-corrected chi connectivity index (χ1v) is 7.52. The van der Waals surface area contributed by atoms with Gasteiger partial charge in [0.15, 0.2) is 5.82 Å². The third kappa shape index (κ3) is 3.33. The zero-order valence-corrected chi connectivity index (χ0v) is 13.4. The molecule has 1 heterocycles. The van der Waals surface area contributed by atoms with Gasteiger partial charge in [-0.25, -0.2) is 4.98 Å². The first-order valence-electron chi connectivity index (χ1n) is 7.52. The van der Waals surface area contributed by atoms with Crippen molar-refractivity contribution in [2.24, 2.45) is 5.16 Å². The van der Waals surface area contributed by atoms with Crippen molar-refractivity contribution >= 4 is 16.7 Å². The third-order valence-electron chi connectivity index (χ3n) is 3.67. The zero-order chi connectivity index (χ0) is 17.8. The maximum atomic E-state index is 13.4. The minimum Gasteiger partial charge on any atom is -0.391 e. The van der Waals surface area contributed by atoms with Crippen LogP contribution in [0.15, 0.2) is 53.7 Å². The molecule has 3 rings (SSSR count). The fraction of sp³-hybridized carbons (Fsp3) is 0.167. The van der Waals surface area contributed by atoms with E-state index >= 15 is 0 Å². The van der Waals surface area contributed by atoms with Gasteiger partial charge in [0.2, 0.25) is 0 Å². The van der Waals surface area contributed by atoms with Gasteiger partial charge >= 0.3 is 6.55 Å². The van der Waals surface area contributed by atoms with Gasteiger partial charge in [0.05, 0.1) is 22.7 Å². The zero-order valence-electron chi connectivity index (χ0n) is 13.4. The molecule has 0 unspecified atom stereocenters. The van der Waals surface area contributed by atoms with Crippen molar-refractivity contribution in [3.63, 3.8) is 0 Å². The largest absolute Gasteiger partial charge is 0.391 e. The first-order chi connectivity index (χ1) is 12.1. The summed E-state index contributed by atoms with van der Waals surface area (Å²) in [5.41, 5.74) is 2.17. The van der Waals surface area contributed by atoms with E-state index in [4.69, 9.17) is 10.1 Å². The van der Waals surface area contributed by atoms with E-state index in [0.717, 1.165) is 4.57 Å². The lowest BCUT2D eigenvalue weighted by Crippen LogP contribution is -2.10. The molecule has 0 radical (unpaired) electrons. The molecule has 25 heavy (non-hydrogen) atoms. The molecule has 0 fully saturated rings. The Morgan fingerprint density at radius 2 is 1.96 bits per heavy atom. The highest BCUT2D eigenvalue weighted by Gasteiger charge is 2.19. The minimum atomic E-state index is -2.74. The van der Waals surface area contributed by atoms with Crippen LogP contribution in [0.4, 0.5) is 8.78 Å². The van der Waals surface area contributed by atoms with Gasteiger partial charge in [-0.3, -0.25) is 4.57 Å². The lowest BCUT2D eigenvalue weighted by molar-refractivity contribution is 0.0736. The molecule has 0 saturated carbocycles. The molecule has 3 aromatic rings. The van der Waals surface area contributed by atoms with Gasteiger partial charge in [0, 0.05) is 5.56 Å². The lowest BCUT2D eigenvalue weighted by Gasteiger charge is -2.07. The Bertz CT molecular complexity index is 973. The summed E-state index contributed by atoms with van der Waals surface area (Å²) in [6.07, 6.45) is 0. The molecular formula is C18H14F2N4O. The van der Waals surface area contributed by atoms with E-state index in [1.807, 2.05) is 0 Å². The van der Waals surface area contributed by atoms with Crippen LogP contribution in [0.2, 0.25) is 0 Å². The topological polar surface area (TPSA) is 63.2 Å². The summed E-state index contributed by atoms with van der Waals surface area (Å²) < 4.78 is 27.7. The Morgan fingerprint density at radius 1 is 1.24 bits per heavy atom. The number of oxime groups is 1. The highest BCUT2D eigenvalue weighted by Crippen LogP contribution is 2.23. The molecule has 0 spiro atoms. The van der Waals surface area contributed by atoms with Crippen LogP contribution in [0.5, 0.6) is 0 Å². The van der Waals surface area contributed by atoms with Crippen LogP contribution in [-0.2, 0) is 11.4 Å². The SMILES string of the molecule is C/C(=N/OCc1ccccc1C#N)c1nc2ccccc2n1C(F)F. The van der Waals surface area contributed by atoms with Gasteiger partial charge in [-0.2, -0.15) is 14.0 Å². The maximum absolute atomic E-state index is 13.4. The Labute approximate surface area is 142 Å².